The van der Waals surface area contributed by atoms with Gasteiger partial charge in [0.2, 0.25) is 0 Å². The van der Waals surface area contributed by atoms with Crippen LogP contribution < -0.4 is 5.73 Å². The summed E-state index contributed by atoms with van der Waals surface area (Å²) in [7, 11) is 0. The second kappa shape index (κ2) is 5.30. The van der Waals surface area contributed by atoms with E-state index in [1.54, 1.807) is 6.07 Å². The van der Waals surface area contributed by atoms with Crippen LogP contribution in [-0.2, 0) is 11.3 Å². The van der Waals surface area contributed by atoms with Crippen molar-refractivity contribution in [3.63, 3.8) is 0 Å². The van der Waals surface area contributed by atoms with Crippen LogP contribution in [0.5, 0.6) is 0 Å². The van der Waals surface area contributed by atoms with Gasteiger partial charge in [0.15, 0.2) is 0 Å². The van der Waals surface area contributed by atoms with E-state index >= 15 is 0 Å². The SMILES string of the molecule is Nc1ccc(COCC2CCCC2)cc1F. The van der Waals surface area contributed by atoms with Gasteiger partial charge in [0, 0.05) is 6.61 Å². The van der Waals surface area contributed by atoms with Crippen molar-refractivity contribution in [2.75, 3.05) is 12.3 Å². The smallest absolute Gasteiger partial charge is 0.146 e. The predicted octanol–water partition coefficient (Wildman–Crippen LogP) is 3.11. The molecule has 1 aliphatic rings. The molecule has 2 nitrogen and oxygen atoms in total. The van der Waals surface area contributed by atoms with Crippen LogP contribution in [0.4, 0.5) is 10.1 Å². The van der Waals surface area contributed by atoms with Gasteiger partial charge in [-0.25, -0.2) is 4.39 Å². The molecule has 0 saturated heterocycles. The summed E-state index contributed by atoms with van der Waals surface area (Å²) in [5.41, 5.74) is 6.45. The Bertz CT molecular complexity index is 348. The molecule has 0 spiro atoms. The zero-order chi connectivity index (χ0) is 11.4. The predicted molar refractivity (Wildman–Crippen MR) is 62.4 cm³/mol. The minimum absolute atomic E-state index is 0.194. The maximum absolute atomic E-state index is 13.1. The molecule has 0 atom stereocenters. The number of ether oxygens (including phenoxy) is 1. The van der Waals surface area contributed by atoms with Crippen LogP contribution in [0.15, 0.2) is 18.2 Å². The first-order valence-corrected chi connectivity index (χ1v) is 5.87. The van der Waals surface area contributed by atoms with E-state index in [1.165, 1.54) is 31.7 Å². The highest BCUT2D eigenvalue weighted by molar-refractivity contribution is 5.41. The summed E-state index contributed by atoms with van der Waals surface area (Å²) >= 11 is 0. The Balaban J connectivity index is 1.78. The second-order valence-electron chi connectivity index (χ2n) is 4.52. The summed E-state index contributed by atoms with van der Waals surface area (Å²) in [5.74, 6) is 0.348. The Labute approximate surface area is 95.6 Å². The van der Waals surface area contributed by atoms with Gasteiger partial charge in [0.1, 0.15) is 5.82 Å². The molecule has 16 heavy (non-hydrogen) atoms. The number of rotatable bonds is 4. The molecule has 1 fully saturated rings. The first-order chi connectivity index (χ1) is 7.75. The van der Waals surface area contributed by atoms with Gasteiger partial charge >= 0.3 is 0 Å². The minimum atomic E-state index is -0.359. The van der Waals surface area contributed by atoms with Gasteiger partial charge in [0.25, 0.3) is 0 Å². The number of hydrogen-bond acceptors (Lipinski definition) is 2. The van der Waals surface area contributed by atoms with Gasteiger partial charge < -0.3 is 10.5 Å². The van der Waals surface area contributed by atoms with Crippen molar-refractivity contribution < 1.29 is 9.13 Å². The van der Waals surface area contributed by atoms with Crippen molar-refractivity contribution in [2.45, 2.75) is 32.3 Å². The Morgan fingerprint density at radius 1 is 1.31 bits per heavy atom. The molecule has 0 unspecified atom stereocenters. The molecule has 0 aromatic heterocycles. The van der Waals surface area contributed by atoms with E-state index in [9.17, 15) is 4.39 Å². The lowest BCUT2D eigenvalue weighted by Gasteiger charge is -2.10. The second-order valence-corrected chi connectivity index (χ2v) is 4.52. The lowest BCUT2D eigenvalue weighted by molar-refractivity contribution is 0.0887. The van der Waals surface area contributed by atoms with Crippen molar-refractivity contribution in [1.82, 2.24) is 0 Å². The monoisotopic (exact) mass is 223 g/mol. The molecule has 0 radical (unpaired) electrons. The van der Waals surface area contributed by atoms with Crippen molar-refractivity contribution >= 4 is 5.69 Å². The number of anilines is 1. The fourth-order valence-corrected chi connectivity index (χ4v) is 2.18. The van der Waals surface area contributed by atoms with Crippen LogP contribution in [-0.4, -0.2) is 6.61 Å². The van der Waals surface area contributed by atoms with Gasteiger partial charge in [-0.2, -0.15) is 0 Å². The van der Waals surface area contributed by atoms with Gasteiger partial charge in [-0.05, 0) is 36.5 Å². The summed E-state index contributed by atoms with van der Waals surface area (Å²) in [6.45, 7) is 1.28. The van der Waals surface area contributed by atoms with Crippen LogP contribution in [0.1, 0.15) is 31.2 Å². The molecule has 0 heterocycles. The topological polar surface area (TPSA) is 35.2 Å². The van der Waals surface area contributed by atoms with E-state index in [0.29, 0.717) is 12.5 Å². The molecule has 1 aliphatic carbocycles. The number of nitrogens with two attached hydrogens (primary N) is 1. The number of nitrogen functional groups attached to an aromatic ring is 1. The van der Waals surface area contributed by atoms with Gasteiger partial charge in [-0.1, -0.05) is 18.9 Å². The fraction of sp³-hybridized carbons (Fsp3) is 0.538. The van der Waals surface area contributed by atoms with Crippen molar-refractivity contribution in [2.24, 2.45) is 5.92 Å². The van der Waals surface area contributed by atoms with Crippen LogP contribution in [0.3, 0.4) is 0 Å². The first-order valence-electron chi connectivity index (χ1n) is 5.87. The van der Waals surface area contributed by atoms with Crippen LogP contribution in [0, 0.1) is 11.7 Å². The lowest BCUT2D eigenvalue weighted by atomic mass is 10.1. The molecule has 3 heteroatoms. The van der Waals surface area contributed by atoms with Crippen LogP contribution >= 0.6 is 0 Å². The van der Waals surface area contributed by atoms with E-state index in [2.05, 4.69) is 0 Å². The molecular formula is C13H18FNO. The maximum atomic E-state index is 13.1. The summed E-state index contributed by atoms with van der Waals surface area (Å²) in [6, 6.07) is 4.85. The summed E-state index contributed by atoms with van der Waals surface area (Å²) in [5, 5.41) is 0. The fourth-order valence-electron chi connectivity index (χ4n) is 2.18. The molecule has 0 aliphatic heterocycles. The molecular weight excluding hydrogens is 205 g/mol. The van der Waals surface area contributed by atoms with E-state index in [4.69, 9.17) is 10.5 Å². The number of benzene rings is 1. The van der Waals surface area contributed by atoms with Crippen molar-refractivity contribution in [3.05, 3.63) is 29.6 Å². The molecule has 0 bridgehead atoms. The number of hydrogen-bond donors (Lipinski definition) is 1. The third-order valence-corrected chi connectivity index (χ3v) is 3.16. The largest absolute Gasteiger partial charge is 0.396 e. The van der Waals surface area contributed by atoms with Crippen molar-refractivity contribution in [1.29, 1.82) is 0 Å². The van der Waals surface area contributed by atoms with Gasteiger partial charge in [-0.15, -0.1) is 0 Å². The van der Waals surface area contributed by atoms with Crippen LogP contribution in [0.25, 0.3) is 0 Å². The molecule has 1 aromatic rings. The molecule has 88 valence electrons. The third kappa shape index (κ3) is 2.95. The lowest BCUT2D eigenvalue weighted by Crippen LogP contribution is -2.05. The average Bonchev–Trinajstić information content (AvgIpc) is 2.76. The molecule has 2 N–H and O–H groups in total. The average molecular weight is 223 g/mol. The summed E-state index contributed by atoms with van der Waals surface area (Å²) in [6.07, 6.45) is 5.20. The maximum Gasteiger partial charge on any atom is 0.146 e. The number of halogens is 1. The highest BCUT2D eigenvalue weighted by Gasteiger charge is 2.14. The zero-order valence-corrected chi connectivity index (χ0v) is 9.42. The molecule has 2 rings (SSSR count). The Morgan fingerprint density at radius 2 is 2.06 bits per heavy atom. The first kappa shape index (κ1) is 11.4. The molecule has 1 aromatic carbocycles. The highest BCUT2D eigenvalue weighted by atomic mass is 19.1. The Morgan fingerprint density at radius 3 is 2.75 bits per heavy atom. The molecule has 1 saturated carbocycles. The Hall–Kier alpha value is -1.09. The van der Waals surface area contributed by atoms with Gasteiger partial charge in [-0.3, -0.25) is 0 Å². The Kier molecular flexibility index (Phi) is 3.78. The normalized spacial score (nSPS) is 16.8. The molecule has 0 amide bonds. The standard InChI is InChI=1S/C13H18FNO/c14-12-7-11(5-6-13(12)15)9-16-8-10-3-1-2-4-10/h5-7,10H,1-4,8-9,15H2. The van der Waals surface area contributed by atoms with E-state index in [1.807, 2.05) is 6.07 Å². The van der Waals surface area contributed by atoms with Crippen LogP contribution in [0.2, 0.25) is 0 Å². The van der Waals surface area contributed by atoms with E-state index in [0.717, 1.165) is 12.2 Å². The summed E-state index contributed by atoms with van der Waals surface area (Å²) in [4.78, 5) is 0. The highest BCUT2D eigenvalue weighted by Crippen LogP contribution is 2.25. The summed E-state index contributed by atoms with van der Waals surface area (Å²) < 4.78 is 18.7. The quantitative estimate of drug-likeness (QED) is 0.796. The van der Waals surface area contributed by atoms with Crippen molar-refractivity contribution in [3.8, 4) is 0 Å². The van der Waals surface area contributed by atoms with E-state index in [-0.39, 0.29) is 11.5 Å². The van der Waals surface area contributed by atoms with Gasteiger partial charge in [0.05, 0.1) is 12.3 Å². The minimum Gasteiger partial charge on any atom is -0.396 e. The third-order valence-electron chi connectivity index (χ3n) is 3.16. The van der Waals surface area contributed by atoms with E-state index < -0.39 is 0 Å². The zero-order valence-electron chi connectivity index (χ0n) is 9.42.